The van der Waals surface area contributed by atoms with E-state index in [9.17, 15) is 0 Å². The van der Waals surface area contributed by atoms with Gasteiger partial charge in [-0.15, -0.1) is 0 Å². The Morgan fingerprint density at radius 3 is 1.36 bits per heavy atom. The molecule has 0 radical (unpaired) electrons. The monoisotopic (exact) mass is 752 g/mol. The van der Waals surface area contributed by atoms with Gasteiger partial charge in [-0.2, -0.15) is 0 Å². The summed E-state index contributed by atoms with van der Waals surface area (Å²) in [5, 5.41) is 11.9. The third kappa shape index (κ3) is 4.46. The second kappa shape index (κ2) is 11.8. The van der Waals surface area contributed by atoms with Gasteiger partial charge < -0.3 is 8.83 Å². The van der Waals surface area contributed by atoms with Gasteiger partial charge in [0, 0.05) is 27.0 Å². The molecule has 12 aromatic rings. The molecule has 0 saturated heterocycles. The topological polar surface area (TPSA) is 26.3 Å². The Morgan fingerprint density at radius 1 is 0.322 bits per heavy atom. The van der Waals surface area contributed by atoms with Crippen LogP contribution >= 0.6 is 0 Å². The summed E-state index contributed by atoms with van der Waals surface area (Å²) in [6, 6.07) is 66.5. The average molecular weight is 753 g/mol. The van der Waals surface area contributed by atoms with Gasteiger partial charge in [-0.05, 0) is 118 Å². The number of benzene rings is 10. The van der Waals surface area contributed by atoms with Gasteiger partial charge in [0.25, 0.3) is 0 Å². The first-order chi connectivity index (χ1) is 29.0. The van der Waals surface area contributed by atoms with Crippen LogP contribution in [0.1, 0.15) is 25.0 Å². The Morgan fingerprint density at radius 2 is 0.746 bits per heavy atom. The molecule has 0 unspecified atom stereocenters. The second-order valence-corrected chi connectivity index (χ2v) is 16.7. The minimum Gasteiger partial charge on any atom is -0.452 e. The van der Waals surface area contributed by atoms with E-state index >= 15 is 0 Å². The van der Waals surface area contributed by atoms with Gasteiger partial charge in [0.1, 0.15) is 11.2 Å². The maximum Gasteiger partial charge on any atom is 0.179 e. The molecule has 59 heavy (non-hydrogen) atoms. The molecule has 276 valence electrons. The minimum absolute atomic E-state index is 0.207. The standard InChI is InChI=1S/C57H36O2/c1-57(2)47-31-35(34-26-29-50-46(30-34)54-44-21-11-10-20-43(44)53-45-22-12-13-23-49(45)58-55(53)56(54)59-50)24-27-37(47)38-28-25-36(32-48(38)57)52-41-18-8-6-16-39(41)51(33-14-4-3-5-15-33)40-17-7-9-19-42(40)52/h3-32H,1-2H3. The van der Waals surface area contributed by atoms with Crippen LogP contribution in [0.3, 0.4) is 0 Å². The van der Waals surface area contributed by atoms with Crippen LogP contribution in [0.5, 0.6) is 0 Å². The highest BCUT2D eigenvalue weighted by Gasteiger charge is 2.36. The quantitative estimate of drug-likeness (QED) is 0.168. The van der Waals surface area contributed by atoms with Crippen molar-refractivity contribution in [1.82, 2.24) is 0 Å². The van der Waals surface area contributed by atoms with E-state index < -0.39 is 0 Å². The molecule has 13 rings (SSSR count). The fraction of sp³-hybridized carbons (Fsp3) is 0.0526. The van der Waals surface area contributed by atoms with Crippen LogP contribution in [0.25, 0.3) is 121 Å². The Balaban J connectivity index is 0.961. The fourth-order valence-electron chi connectivity index (χ4n) is 10.5. The van der Waals surface area contributed by atoms with E-state index in [-0.39, 0.29) is 5.41 Å². The molecule has 2 nitrogen and oxygen atoms in total. The molecule has 2 heterocycles. The molecule has 0 amide bonds. The predicted molar refractivity (Wildman–Crippen MR) is 247 cm³/mol. The Hall–Kier alpha value is -7.42. The molecule has 10 aromatic carbocycles. The van der Waals surface area contributed by atoms with Gasteiger partial charge in [-0.1, -0.05) is 166 Å². The third-order valence-corrected chi connectivity index (χ3v) is 13.2. The normalized spacial score (nSPS) is 13.4. The van der Waals surface area contributed by atoms with Gasteiger partial charge in [-0.25, -0.2) is 0 Å². The van der Waals surface area contributed by atoms with Crippen molar-refractivity contribution in [3.63, 3.8) is 0 Å². The first-order valence-electron chi connectivity index (χ1n) is 20.5. The molecule has 0 atom stereocenters. The lowest BCUT2D eigenvalue weighted by Crippen LogP contribution is -2.15. The third-order valence-electron chi connectivity index (χ3n) is 13.2. The number of rotatable bonds is 3. The van der Waals surface area contributed by atoms with Gasteiger partial charge in [0.15, 0.2) is 11.2 Å². The predicted octanol–water partition coefficient (Wildman–Crippen LogP) is 16.3. The van der Waals surface area contributed by atoms with Crippen molar-refractivity contribution in [2.24, 2.45) is 0 Å². The zero-order valence-corrected chi connectivity index (χ0v) is 32.6. The lowest BCUT2D eigenvalue weighted by molar-refractivity contribution is 0.633. The van der Waals surface area contributed by atoms with E-state index in [1.807, 2.05) is 12.1 Å². The molecule has 0 spiro atoms. The van der Waals surface area contributed by atoms with Crippen LogP contribution in [-0.2, 0) is 5.41 Å². The van der Waals surface area contributed by atoms with E-state index in [0.717, 1.165) is 43.9 Å². The van der Waals surface area contributed by atoms with Crippen LogP contribution in [0.4, 0.5) is 0 Å². The lowest BCUT2D eigenvalue weighted by atomic mass is 9.80. The molecule has 1 aliphatic carbocycles. The molecule has 2 heteroatoms. The molecule has 0 fully saturated rings. The summed E-state index contributed by atoms with van der Waals surface area (Å²) in [5.74, 6) is 0. The van der Waals surface area contributed by atoms with Crippen LogP contribution in [0.2, 0.25) is 0 Å². The largest absolute Gasteiger partial charge is 0.452 e. The summed E-state index contributed by atoms with van der Waals surface area (Å²) in [7, 11) is 0. The van der Waals surface area contributed by atoms with E-state index in [4.69, 9.17) is 8.83 Å². The van der Waals surface area contributed by atoms with Crippen LogP contribution in [0, 0.1) is 0 Å². The number of furan rings is 2. The van der Waals surface area contributed by atoms with Crippen LogP contribution in [0.15, 0.2) is 191 Å². The fourth-order valence-corrected chi connectivity index (χ4v) is 10.5. The van der Waals surface area contributed by atoms with E-state index in [2.05, 4.69) is 184 Å². The number of hydrogen-bond acceptors (Lipinski definition) is 2. The highest BCUT2D eigenvalue weighted by molar-refractivity contribution is 6.33. The summed E-state index contributed by atoms with van der Waals surface area (Å²) in [6.07, 6.45) is 0. The van der Waals surface area contributed by atoms with E-state index in [1.165, 1.54) is 88.0 Å². The summed E-state index contributed by atoms with van der Waals surface area (Å²) >= 11 is 0. The first-order valence-corrected chi connectivity index (χ1v) is 20.5. The first kappa shape index (κ1) is 32.6. The van der Waals surface area contributed by atoms with E-state index in [1.54, 1.807) is 0 Å². The number of para-hydroxylation sites is 1. The lowest BCUT2D eigenvalue weighted by Gasteiger charge is -2.23. The van der Waals surface area contributed by atoms with Crippen molar-refractivity contribution in [2.45, 2.75) is 19.3 Å². The zero-order valence-electron chi connectivity index (χ0n) is 32.6. The maximum absolute atomic E-state index is 6.68. The molecule has 2 aromatic heterocycles. The van der Waals surface area contributed by atoms with Crippen molar-refractivity contribution < 1.29 is 8.83 Å². The van der Waals surface area contributed by atoms with Crippen LogP contribution in [-0.4, -0.2) is 0 Å². The smallest absolute Gasteiger partial charge is 0.179 e. The Kier molecular flexibility index (Phi) is 6.54. The van der Waals surface area contributed by atoms with Crippen molar-refractivity contribution >= 4 is 76.2 Å². The van der Waals surface area contributed by atoms with Crippen molar-refractivity contribution in [1.29, 1.82) is 0 Å². The molecule has 0 N–H and O–H groups in total. The summed E-state index contributed by atoms with van der Waals surface area (Å²) in [6.45, 7) is 4.77. The summed E-state index contributed by atoms with van der Waals surface area (Å²) in [4.78, 5) is 0. The molecular formula is C57H36O2. The van der Waals surface area contributed by atoms with Crippen LogP contribution < -0.4 is 0 Å². The second-order valence-electron chi connectivity index (χ2n) is 16.7. The van der Waals surface area contributed by atoms with Gasteiger partial charge in [0.05, 0.1) is 0 Å². The zero-order chi connectivity index (χ0) is 39.0. The molecular weight excluding hydrogens is 717 g/mol. The summed E-state index contributed by atoms with van der Waals surface area (Å²) < 4.78 is 13.2. The SMILES string of the molecule is CC1(C)c2cc(-c3ccc4oc5c6oc7ccccc7c6c6ccccc6c5c4c3)ccc2-c2ccc(-c3c4ccccc4c(-c4ccccc4)c4ccccc34)cc21. The Bertz CT molecular complexity index is 3690. The van der Waals surface area contributed by atoms with Gasteiger partial charge in [0.2, 0.25) is 0 Å². The molecule has 1 aliphatic rings. The van der Waals surface area contributed by atoms with Crippen molar-refractivity contribution in [3.8, 4) is 44.5 Å². The number of fused-ring (bicyclic) bond motifs is 15. The summed E-state index contributed by atoms with van der Waals surface area (Å²) in [5.41, 5.74) is 15.9. The number of hydrogen-bond donors (Lipinski definition) is 0. The Labute approximate surface area is 340 Å². The van der Waals surface area contributed by atoms with Gasteiger partial charge in [-0.3, -0.25) is 0 Å². The minimum atomic E-state index is -0.207. The molecule has 0 aliphatic heterocycles. The highest BCUT2D eigenvalue weighted by Crippen LogP contribution is 2.53. The molecule has 0 saturated carbocycles. The van der Waals surface area contributed by atoms with Gasteiger partial charge >= 0.3 is 0 Å². The van der Waals surface area contributed by atoms with Crippen molar-refractivity contribution in [3.05, 3.63) is 193 Å². The highest BCUT2D eigenvalue weighted by atomic mass is 16.4. The van der Waals surface area contributed by atoms with Crippen molar-refractivity contribution in [2.75, 3.05) is 0 Å². The maximum atomic E-state index is 6.68. The van der Waals surface area contributed by atoms with E-state index in [0.29, 0.717) is 0 Å². The molecule has 0 bridgehead atoms. The average Bonchev–Trinajstić information content (AvgIpc) is 3.94.